The van der Waals surface area contributed by atoms with Crippen molar-refractivity contribution in [2.75, 3.05) is 11.9 Å². The maximum atomic E-state index is 12.7. The number of pyridine rings is 1. The number of nitrogens with one attached hydrogen (secondary N) is 2. The largest absolute Gasteiger partial charge is 0.343 e. The van der Waals surface area contributed by atoms with E-state index in [2.05, 4.69) is 36.6 Å². The molecular formula is C27H23N7O2S. The number of carbonyl (C=O) groups excluding carboxylic acids is 2. The zero-order valence-electron chi connectivity index (χ0n) is 20.3. The van der Waals surface area contributed by atoms with E-state index < -0.39 is 11.3 Å². The number of benzene rings is 1. The lowest BCUT2D eigenvalue weighted by Gasteiger charge is -2.16. The van der Waals surface area contributed by atoms with Crippen LogP contribution in [0.15, 0.2) is 54.0 Å². The molecule has 4 aromatic rings. The lowest BCUT2D eigenvalue weighted by molar-refractivity contribution is -0.115. The molecule has 0 radical (unpaired) electrons. The predicted molar refractivity (Wildman–Crippen MR) is 140 cm³/mol. The summed E-state index contributed by atoms with van der Waals surface area (Å²) in [6, 6.07) is 15.1. The van der Waals surface area contributed by atoms with Crippen LogP contribution in [0.4, 0.5) is 5.13 Å². The van der Waals surface area contributed by atoms with Crippen LogP contribution in [-0.2, 0) is 16.6 Å². The van der Waals surface area contributed by atoms with Gasteiger partial charge in [-0.2, -0.15) is 5.26 Å². The Morgan fingerprint density at radius 1 is 1.08 bits per heavy atom. The zero-order chi connectivity index (χ0) is 26.0. The Morgan fingerprint density at radius 3 is 2.65 bits per heavy atom. The van der Waals surface area contributed by atoms with Crippen molar-refractivity contribution < 1.29 is 9.59 Å². The van der Waals surface area contributed by atoms with Crippen LogP contribution in [-0.4, -0.2) is 38.3 Å². The molecule has 2 amide bonds. The van der Waals surface area contributed by atoms with Crippen molar-refractivity contribution in [1.29, 1.82) is 5.26 Å². The highest BCUT2D eigenvalue weighted by atomic mass is 32.1. The highest BCUT2D eigenvalue weighted by Gasteiger charge is 2.34. The minimum atomic E-state index is -0.590. The smallest absolute Gasteiger partial charge is 0.251 e. The van der Waals surface area contributed by atoms with Crippen molar-refractivity contribution in [2.24, 2.45) is 0 Å². The number of rotatable bonds is 6. The summed E-state index contributed by atoms with van der Waals surface area (Å²) in [6.45, 7) is 3.50. The molecule has 1 aliphatic rings. The van der Waals surface area contributed by atoms with Crippen molar-refractivity contribution in [1.82, 2.24) is 25.3 Å². The molecule has 0 saturated heterocycles. The van der Waals surface area contributed by atoms with Crippen molar-refractivity contribution in [3.63, 3.8) is 0 Å². The Morgan fingerprint density at radius 2 is 1.86 bits per heavy atom. The van der Waals surface area contributed by atoms with Crippen LogP contribution in [0.3, 0.4) is 0 Å². The first-order chi connectivity index (χ1) is 17.8. The van der Waals surface area contributed by atoms with Crippen LogP contribution in [0.5, 0.6) is 0 Å². The highest BCUT2D eigenvalue weighted by Crippen LogP contribution is 2.38. The van der Waals surface area contributed by atoms with Gasteiger partial charge in [-0.1, -0.05) is 12.1 Å². The second-order valence-corrected chi connectivity index (χ2v) is 9.84. The molecule has 0 bridgehead atoms. The van der Waals surface area contributed by atoms with Gasteiger partial charge in [0.2, 0.25) is 5.91 Å². The summed E-state index contributed by atoms with van der Waals surface area (Å²) in [7, 11) is 0. The molecule has 5 rings (SSSR count). The molecule has 3 aromatic heterocycles. The monoisotopic (exact) mass is 509 g/mol. The first-order valence-electron chi connectivity index (χ1n) is 11.7. The van der Waals surface area contributed by atoms with Gasteiger partial charge in [-0.15, -0.1) is 11.3 Å². The molecule has 0 saturated carbocycles. The molecule has 37 heavy (non-hydrogen) atoms. The average Bonchev–Trinajstić information content (AvgIpc) is 3.52. The first-order valence-corrected chi connectivity index (χ1v) is 12.6. The van der Waals surface area contributed by atoms with Crippen LogP contribution in [0.2, 0.25) is 0 Å². The van der Waals surface area contributed by atoms with Gasteiger partial charge in [0.15, 0.2) is 5.13 Å². The van der Waals surface area contributed by atoms with E-state index in [1.807, 2.05) is 43.5 Å². The quantitative estimate of drug-likeness (QED) is 0.400. The third-order valence-electron chi connectivity index (χ3n) is 6.32. The van der Waals surface area contributed by atoms with Gasteiger partial charge >= 0.3 is 0 Å². The molecule has 3 heterocycles. The van der Waals surface area contributed by atoms with Gasteiger partial charge in [-0.05, 0) is 68.1 Å². The van der Waals surface area contributed by atoms with Gasteiger partial charge in [0, 0.05) is 17.1 Å². The average molecular weight is 510 g/mol. The molecule has 2 N–H and O–H groups in total. The third-order valence-corrected chi connectivity index (χ3v) is 7.08. The van der Waals surface area contributed by atoms with Gasteiger partial charge in [0.1, 0.15) is 11.5 Å². The Bertz CT molecular complexity index is 1560. The molecule has 184 valence electrons. The van der Waals surface area contributed by atoms with Crippen LogP contribution in [0.25, 0.3) is 22.8 Å². The van der Waals surface area contributed by atoms with Crippen molar-refractivity contribution >= 4 is 28.3 Å². The lowest BCUT2D eigenvalue weighted by Crippen LogP contribution is -2.33. The summed E-state index contributed by atoms with van der Waals surface area (Å²) in [5.74, 6) is -0.103. The first kappa shape index (κ1) is 24.2. The Hall–Kier alpha value is -4.49. The lowest BCUT2D eigenvalue weighted by atomic mass is 9.85. The van der Waals surface area contributed by atoms with E-state index in [4.69, 9.17) is 0 Å². The summed E-state index contributed by atoms with van der Waals surface area (Å²) in [5, 5.41) is 17.1. The minimum absolute atomic E-state index is 0.207. The van der Waals surface area contributed by atoms with Crippen molar-refractivity contribution in [2.45, 2.75) is 32.1 Å². The predicted octanol–water partition coefficient (Wildman–Crippen LogP) is 4.07. The second kappa shape index (κ2) is 9.87. The number of fused-ring (bicyclic) bond motifs is 1. The number of hydrogen-bond donors (Lipinski definition) is 2. The molecule has 0 fully saturated rings. The highest BCUT2D eigenvalue weighted by molar-refractivity contribution is 7.14. The number of carbonyl (C=O) groups is 2. The summed E-state index contributed by atoms with van der Waals surface area (Å²) in [4.78, 5) is 42.8. The molecule has 0 spiro atoms. The van der Waals surface area contributed by atoms with Crippen LogP contribution >= 0.6 is 11.3 Å². The van der Waals surface area contributed by atoms with Crippen molar-refractivity contribution in [3.8, 4) is 28.8 Å². The number of hydrogen-bond acceptors (Lipinski definition) is 8. The molecule has 1 atom stereocenters. The Balaban J connectivity index is 1.21. The fraction of sp³-hybridized carbons (Fsp3) is 0.222. The van der Waals surface area contributed by atoms with E-state index in [0.717, 1.165) is 29.7 Å². The van der Waals surface area contributed by atoms with Crippen LogP contribution in [0.1, 0.15) is 40.7 Å². The van der Waals surface area contributed by atoms with E-state index in [1.54, 1.807) is 24.4 Å². The fourth-order valence-electron chi connectivity index (χ4n) is 4.28. The standard InChI is InChI=1S/C27H23N7O2S/c1-16-29-11-9-22(31-16)20-4-3-5-21(32-20)23-14-37-26(33-23)34-24(35)13-30-25(36)18-7-6-17-8-10-27(2,15-28)19(17)12-18/h3-7,9,11-12,14H,8,10,13H2,1-2H3,(H,30,36)(H,33,34,35). The number of aryl methyl sites for hydroxylation is 2. The number of amides is 2. The van der Waals surface area contributed by atoms with Gasteiger partial charge in [-0.25, -0.2) is 19.9 Å². The number of nitriles is 1. The number of nitrogens with zero attached hydrogens (tertiary/aromatic N) is 5. The van der Waals surface area contributed by atoms with E-state index in [0.29, 0.717) is 33.6 Å². The summed E-state index contributed by atoms with van der Waals surface area (Å²) < 4.78 is 0. The maximum Gasteiger partial charge on any atom is 0.251 e. The number of aromatic nitrogens is 4. The zero-order valence-corrected chi connectivity index (χ0v) is 21.1. The molecule has 9 nitrogen and oxygen atoms in total. The normalized spacial score (nSPS) is 16.0. The van der Waals surface area contributed by atoms with E-state index in [1.165, 1.54) is 11.3 Å². The molecule has 0 aliphatic heterocycles. The SMILES string of the molecule is Cc1nccc(-c2cccc(-c3csc(NC(=O)CNC(=O)c4ccc5c(c4)C(C)(C#N)CC5)n3)n2)n1. The van der Waals surface area contributed by atoms with Crippen LogP contribution < -0.4 is 10.6 Å². The molecule has 1 unspecified atom stereocenters. The van der Waals surface area contributed by atoms with Gasteiger partial charge in [-0.3, -0.25) is 9.59 Å². The Labute approximate surface area is 217 Å². The van der Waals surface area contributed by atoms with E-state index in [9.17, 15) is 14.9 Å². The molecular weight excluding hydrogens is 486 g/mol. The van der Waals surface area contributed by atoms with Gasteiger partial charge in [0.05, 0.1) is 35.1 Å². The minimum Gasteiger partial charge on any atom is -0.343 e. The fourth-order valence-corrected chi connectivity index (χ4v) is 5.00. The topological polar surface area (TPSA) is 134 Å². The number of anilines is 1. The van der Waals surface area contributed by atoms with E-state index >= 15 is 0 Å². The molecule has 1 aliphatic carbocycles. The summed E-state index contributed by atoms with van der Waals surface area (Å²) in [5.41, 5.74) is 4.50. The Kier molecular flexibility index (Phi) is 6.46. The summed E-state index contributed by atoms with van der Waals surface area (Å²) >= 11 is 1.27. The van der Waals surface area contributed by atoms with Crippen molar-refractivity contribution in [3.05, 3.63) is 76.6 Å². The number of thiazole rings is 1. The van der Waals surface area contributed by atoms with Gasteiger partial charge in [0.25, 0.3) is 5.91 Å². The van der Waals surface area contributed by atoms with Gasteiger partial charge < -0.3 is 10.6 Å². The molecule has 10 heteroatoms. The van der Waals surface area contributed by atoms with E-state index in [-0.39, 0.29) is 12.5 Å². The van der Waals surface area contributed by atoms with Crippen LogP contribution in [0, 0.1) is 18.3 Å². The third kappa shape index (κ3) is 5.08. The maximum absolute atomic E-state index is 12.7. The second-order valence-electron chi connectivity index (χ2n) is 8.98. The summed E-state index contributed by atoms with van der Waals surface area (Å²) in [6.07, 6.45) is 3.25. The molecule has 1 aromatic carbocycles.